The summed E-state index contributed by atoms with van der Waals surface area (Å²) < 4.78 is 54.6. The number of rotatable bonds is 13. The lowest BCUT2D eigenvalue weighted by Crippen LogP contribution is -2.38. The third-order valence-corrected chi connectivity index (χ3v) is 6.62. The van der Waals surface area contributed by atoms with Crippen molar-refractivity contribution in [2.24, 2.45) is 0 Å². The lowest BCUT2D eigenvalue weighted by Gasteiger charge is -2.18. The van der Waals surface area contributed by atoms with Gasteiger partial charge in [-0.2, -0.15) is 0 Å². The summed E-state index contributed by atoms with van der Waals surface area (Å²) in [4.78, 5) is 23.5. The van der Waals surface area contributed by atoms with Crippen LogP contribution in [0.3, 0.4) is 0 Å². The van der Waals surface area contributed by atoms with Crippen LogP contribution in [0.4, 0.5) is 0 Å². The van der Waals surface area contributed by atoms with E-state index in [0.29, 0.717) is 12.8 Å². The Kier molecular flexibility index (Phi) is 10.5. The molecule has 0 fully saturated rings. The van der Waals surface area contributed by atoms with Crippen LogP contribution in [0, 0.1) is 0 Å². The lowest BCUT2D eigenvalue weighted by atomic mass is 10.2. The number of esters is 1. The molecule has 1 rings (SSSR count). The van der Waals surface area contributed by atoms with Gasteiger partial charge in [-0.3, -0.25) is 9.36 Å². The fourth-order valence-corrected chi connectivity index (χ4v) is 4.78. The molecule has 164 valence electrons. The molecule has 2 N–H and O–H groups in total. The van der Waals surface area contributed by atoms with Crippen LogP contribution in [0.2, 0.25) is 0 Å². The number of carbonyl (C=O) groups is 2. The van der Waals surface area contributed by atoms with E-state index in [1.54, 1.807) is 0 Å². The van der Waals surface area contributed by atoms with Crippen molar-refractivity contribution in [2.45, 2.75) is 31.6 Å². The molecule has 1 amide bonds. The predicted molar refractivity (Wildman–Crippen MR) is 106 cm³/mol. The number of ether oxygens (including phenoxy) is 1. The van der Waals surface area contributed by atoms with Gasteiger partial charge in [0.05, 0.1) is 37.3 Å². The van der Waals surface area contributed by atoms with Crippen molar-refractivity contribution in [3.63, 3.8) is 0 Å². The maximum atomic E-state index is 12.6. The summed E-state index contributed by atoms with van der Waals surface area (Å²) in [6, 6.07) is 5.44. The quantitative estimate of drug-likeness (QED) is 0.343. The van der Waals surface area contributed by atoms with E-state index in [4.69, 9.17) is 9.05 Å². The maximum Gasteiger partial charge on any atom is 0.349 e. The molecular weight excluding hydrogens is 423 g/mol. The second kappa shape index (κ2) is 12.0. The second-order valence-corrected chi connectivity index (χ2v) is 9.64. The number of amides is 1. The van der Waals surface area contributed by atoms with E-state index in [9.17, 15) is 22.6 Å². The Morgan fingerprint density at radius 1 is 1.07 bits per heavy atom. The molecule has 0 saturated carbocycles. The third kappa shape index (κ3) is 8.23. The Morgan fingerprint density at radius 3 is 2.21 bits per heavy atom. The number of sulfonamides is 1. The average Bonchev–Trinajstić information content (AvgIpc) is 2.73. The number of nitrogens with one attached hydrogen (secondary N) is 2. The minimum Gasteiger partial charge on any atom is -0.465 e. The van der Waals surface area contributed by atoms with Gasteiger partial charge >= 0.3 is 13.6 Å². The first kappa shape index (κ1) is 25.3. The topological polar surface area (TPSA) is 137 Å². The molecule has 0 aliphatic heterocycles. The van der Waals surface area contributed by atoms with Gasteiger partial charge in [-0.25, -0.2) is 17.9 Å². The second-order valence-electron chi connectivity index (χ2n) is 5.85. The molecule has 0 bridgehead atoms. The maximum absolute atomic E-state index is 12.6. The molecule has 1 aromatic rings. The van der Waals surface area contributed by atoms with E-state index in [1.165, 1.54) is 24.3 Å². The number of hydrogen-bond acceptors (Lipinski definition) is 8. The highest BCUT2D eigenvalue weighted by Crippen LogP contribution is 2.47. The van der Waals surface area contributed by atoms with Crippen LogP contribution in [0.25, 0.3) is 0 Å². The molecule has 0 unspecified atom stereocenters. The molecule has 0 aromatic heterocycles. The van der Waals surface area contributed by atoms with Gasteiger partial charge < -0.3 is 19.1 Å². The van der Waals surface area contributed by atoms with Crippen molar-refractivity contribution in [2.75, 3.05) is 33.2 Å². The molecule has 0 saturated heterocycles. The van der Waals surface area contributed by atoms with Crippen LogP contribution in [-0.4, -0.2) is 53.4 Å². The van der Waals surface area contributed by atoms with E-state index in [0.717, 1.165) is 7.11 Å². The Labute approximate surface area is 170 Å². The summed E-state index contributed by atoms with van der Waals surface area (Å²) in [5.74, 6) is -1.55. The number of methoxy groups -OCH3 is 1. The zero-order chi connectivity index (χ0) is 21.9. The van der Waals surface area contributed by atoms with Crippen LogP contribution in [0.15, 0.2) is 29.2 Å². The van der Waals surface area contributed by atoms with E-state index in [1.807, 2.05) is 13.8 Å². The molecule has 0 aliphatic carbocycles. The molecule has 0 spiro atoms. The van der Waals surface area contributed by atoms with Crippen LogP contribution in [0.5, 0.6) is 0 Å². The van der Waals surface area contributed by atoms with Gasteiger partial charge in [0.25, 0.3) is 0 Å². The molecule has 0 atom stereocenters. The van der Waals surface area contributed by atoms with Gasteiger partial charge in [-0.15, -0.1) is 0 Å². The molecule has 12 heteroatoms. The SMILES string of the molecule is CCCOP(=O)(CNC(=O)CNS(=O)(=O)c1ccccc1C(=O)OC)OCCC. The summed E-state index contributed by atoms with van der Waals surface area (Å²) in [6.07, 6.45) is 0.853. The first-order valence-corrected chi connectivity index (χ1v) is 12.2. The molecule has 29 heavy (non-hydrogen) atoms. The van der Waals surface area contributed by atoms with Crippen LogP contribution >= 0.6 is 7.60 Å². The summed E-state index contributed by atoms with van der Waals surface area (Å²) in [5.41, 5.74) is -0.159. The van der Waals surface area contributed by atoms with Crippen LogP contribution in [0.1, 0.15) is 37.0 Å². The van der Waals surface area contributed by atoms with E-state index < -0.39 is 36.0 Å². The Balaban J connectivity index is 2.74. The molecule has 0 aliphatic rings. The third-order valence-electron chi connectivity index (χ3n) is 3.46. The summed E-state index contributed by atoms with van der Waals surface area (Å²) in [5, 5.41) is 2.34. The van der Waals surface area contributed by atoms with Crippen molar-refractivity contribution < 1.29 is 36.4 Å². The minimum absolute atomic E-state index is 0.159. The van der Waals surface area contributed by atoms with E-state index in [2.05, 4.69) is 14.8 Å². The van der Waals surface area contributed by atoms with Crippen molar-refractivity contribution in [3.8, 4) is 0 Å². The van der Waals surface area contributed by atoms with E-state index in [-0.39, 0.29) is 30.0 Å². The van der Waals surface area contributed by atoms with Gasteiger partial charge in [-0.05, 0) is 25.0 Å². The monoisotopic (exact) mass is 450 g/mol. The van der Waals surface area contributed by atoms with Crippen LogP contribution in [-0.2, 0) is 33.2 Å². The summed E-state index contributed by atoms with van der Waals surface area (Å²) in [6.45, 7) is 3.45. The van der Waals surface area contributed by atoms with Gasteiger partial charge in [0.2, 0.25) is 15.9 Å². The lowest BCUT2D eigenvalue weighted by molar-refractivity contribution is -0.119. The number of hydrogen-bond donors (Lipinski definition) is 2. The normalized spacial score (nSPS) is 11.8. The smallest absolute Gasteiger partial charge is 0.349 e. The zero-order valence-electron chi connectivity index (χ0n) is 16.7. The van der Waals surface area contributed by atoms with Gasteiger partial charge in [0.15, 0.2) is 0 Å². The first-order chi connectivity index (χ1) is 13.7. The fourth-order valence-electron chi connectivity index (χ4n) is 2.05. The van der Waals surface area contributed by atoms with Crippen molar-refractivity contribution in [1.29, 1.82) is 0 Å². The predicted octanol–water partition coefficient (Wildman–Crippen LogP) is 1.87. The number of benzene rings is 1. The highest BCUT2D eigenvalue weighted by molar-refractivity contribution is 7.89. The highest BCUT2D eigenvalue weighted by atomic mass is 32.2. The largest absolute Gasteiger partial charge is 0.465 e. The average molecular weight is 450 g/mol. The van der Waals surface area contributed by atoms with Crippen molar-refractivity contribution in [3.05, 3.63) is 29.8 Å². The van der Waals surface area contributed by atoms with Gasteiger partial charge in [0.1, 0.15) is 6.29 Å². The summed E-state index contributed by atoms with van der Waals surface area (Å²) >= 11 is 0. The van der Waals surface area contributed by atoms with Gasteiger partial charge in [-0.1, -0.05) is 26.0 Å². The van der Waals surface area contributed by atoms with Crippen molar-refractivity contribution >= 4 is 29.5 Å². The zero-order valence-corrected chi connectivity index (χ0v) is 18.4. The Hall–Kier alpha value is -1.78. The first-order valence-electron chi connectivity index (χ1n) is 9.01. The molecule has 0 radical (unpaired) electrons. The Bertz CT molecular complexity index is 832. The molecule has 10 nitrogen and oxygen atoms in total. The Morgan fingerprint density at radius 2 is 1.66 bits per heavy atom. The standard InChI is InChI=1S/C17H27N2O8PS/c1-4-10-26-28(22,27-11-5-2)13-18-16(20)12-19-29(23,24)15-9-7-6-8-14(15)17(21)25-3/h6-9,19H,4-5,10-13H2,1-3H3,(H,18,20). The highest BCUT2D eigenvalue weighted by Gasteiger charge is 2.26. The van der Waals surface area contributed by atoms with Gasteiger partial charge in [0, 0.05) is 0 Å². The molecule has 1 aromatic carbocycles. The molecule has 0 heterocycles. The van der Waals surface area contributed by atoms with Crippen LogP contribution < -0.4 is 10.0 Å². The van der Waals surface area contributed by atoms with Crippen molar-refractivity contribution in [1.82, 2.24) is 10.0 Å². The number of carbonyl (C=O) groups excluding carboxylic acids is 2. The fraction of sp³-hybridized carbons (Fsp3) is 0.529. The minimum atomic E-state index is -4.17. The van der Waals surface area contributed by atoms with E-state index >= 15 is 0 Å². The molecular formula is C17H27N2O8PS. The summed E-state index contributed by atoms with van der Waals surface area (Å²) in [7, 11) is -6.56.